The minimum absolute atomic E-state index is 0.142. The molecular weight excluding hydrogens is 282 g/mol. The van der Waals surface area contributed by atoms with E-state index in [1.807, 2.05) is 37.4 Å². The van der Waals surface area contributed by atoms with Crippen molar-refractivity contribution in [1.29, 1.82) is 0 Å². The van der Waals surface area contributed by atoms with Crippen LogP contribution < -0.4 is 0 Å². The second-order valence-corrected chi connectivity index (χ2v) is 6.31. The summed E-state index contributed by atoms with van der Waals surface area (Å²) in [7, 11) is 0. The number of nitrogens with zero attached hydrogens (tertiary/aromatic N) is 3. The molecule has 118 valence electrons. The normalized spacial score (nSPS) is 23.8. The van der Waals surface area contributed by atoms with Crippen molar-refractivity contribution in [2.24, 2.45) is 5.41 Å². The smallest absolute Gasteiger partial charge is 0.113 e. The largest absolute Gasteiger partial charge is 0.396 e. The molecule has 0 spiro atoms. The SMILES string of the molecule is Cc1ccc(-c2cn([C@@H]3CC(CO)(CO)C[C@H]3O)nn2)cc1. The highest BCUT2D eigenvalue weighted by atomic mass is 16.3. The van der Waals surface area contributed by atoms with Crippen LogP contribution in [0.3, 0.4) is 0 Å². The lowest BCUT2D eigenvalue weighted by Gasteiger charge is -2.23. The summed E-state index contributed by atoms with van der Waals surface area (Å²) in [6.45, 7) is 1.74. The molecule has 0 unspecified atom stereocenters. The molecule has 0 aliphatic heterocycles. The number of hydrogen-bond donors (Lipinski definition) is 3. The lowest BCUT2D eigenvalue weighted by molar-refractivity contribution is 0.0466. The van der Waals surface area contributed by atoms with Crippen molar-refractivity contribution in [2.75, 3.05) is 13.2 Å². The molecule has 1 fully saturated rings. The molecule has 1 saturated carbocycles. The Hall–Kier alpha value is -1.76. The molecule has 6 heteroatoms. The molecule has 1 aromatic heterocycles. The van der Waals surface area contributed by atoms with Crippen LogP contribution in [0, 0.1) is 12.3 Å². The molecule has 22 heavy (non-hydrogen) atoms. The van der Waals surface area contributed by atoms with E-state index in [-0.39, 0.29) is 19.3 Å². The maximum atomic E-state index is 10.2. The second kappa shape index (κ2) is 5.79. The van der Waals surface area contributed by atoms with Gasteiger partial charge in [-0.2, -0.15) is 0 Å². The number of aliphatic hydroxyl groups is 3. The van der Waals surface area contributed by atoms with Crippen molar-refractivity contribution in [3.8, 4) is 11.3 Å². The third-order valence-corrected chi connectivity index (χ3v) is 4.60. The highest BCUT2D eigenvalue weighted by molar-refractivity contribution is 5.57. The van der Waals surface area contributed by atoms with Gasteiger partial charge in [0.1, 0.15) is 5.69 Å². The van der Waals surface area contributed by atoms with Crippen molar-refractivity contribution >= 4 is 0 Å². The van der Waals surface area contributed by atoms with Crippen molar-refractivity contribution in [2.45, 2.75) is 31.9 Å². The van der Waals surface area contributed by atoms with Crippen LogP contribution in [0.15, 0.2) is 30.5 Å². The standard InChI is InChI=1S/C16H21N3O3/c1-11-2-4-12(5-3-11)13-8-19(18-17-13)14-6-16(9-20,10-21)7-15(14)22/h2-5,8,14-15,20-22H,6-7,9-10H2,1H3/t14-,15-/m1/s1. The number of rotatable bonds is 4. The first-order valence-corrected chi connectivity index (χ1v) is 7.45. The summed E-state index contributed by atoms with van der Waals surface area (Å²) in [5, 5.41) is 37.5. The van der Waals surface area contributed by atoms with E-state index in [0.29, 0.717) is 12.8 Å². The molecule has 3 rings (SSSR count). The van der Waals surface area contributed by atoms with Gasteiger partial charge >= 0.3 is 0 Å². The van der Waals surface area contributed by atoms with Crippen LogP contribution in [-0.4, -0.2) is 49.6 Å². The van der Waals surface area contributed by atoms with Gasteiger partial charge in [-0.15, -0.1) is 5.10 Å². The highest BCUT2D eigenvalue weighted by Crippen LogP contribution is 2.43. The number of aliphatic hydroxyl groups excluding tert-OH is 3. The van der Waals surface area contributed by atoms with Gasteiger partial charge in [0.25, 0.3) is 0 Å². The molecule has 0 radical (unpaired) electrons. The molecule has 1 aliphatic carbocycles. The Morgan fingerprint density at radius 3 is 2.45 bits per heavy atom. The maximum Gasteiger partial charge on any atom is 0.113 e. The van der Waals surface area contributed by atoms with Crippen LogP contribution in [0.1, 0.15) is 24.4 Å². The minimum atomic E-state index is -0.646. The summed E-state index contributed by atoms with van der Waals surface area (Å²) >= 11 is 0. The van der Waals surface area contributed by atoms with E-state index in [4.69, 9.17) is 0 Å². The number of hydrogen-bond acceptors (Lipinski definition) is 5. The van der Waals surface area contributed by atoms with Gasteiger partial charge < -0.3 is 15.3 Å². The third kappa shape index (κ3) is 2.65. The van der Waals surface area contributed by atoms with Crippen molar-refractivity contribution in [3.63, 3.8) is 0 Å². The summed E-state index contributed by atoms with van der Waals surface area (Å²) < 4.78 is 1.65. The number of aromatic nitrogens is 3. The molecule has 2 atom stereocenters. The van der Waals surface area contributed by atoms with Crippen molar-refractivity contribution in [1.82, 2.24) is 15.0 Å². The van der Waals surface area contributed by atoms with E-state index >= 15 is 0 Å². The van der Waals surface area contributed by atoms with Crippen molar-refractivity contribution in [3.05, 3.63) is 36.0 Å². The summed E-state index contributed by atoms with van der Waals surface area (Å²) in [6, 6.07) is 7.73. The molecule has 6 nitrogen and oxygen atoms in total. The van der Waals surface area contributed by atoms with E-state index in [9.17, 15) is 15.3 Å². The van der Waals surface area contributed by atoms with Crippen LogP contribution >= 0.6 is 0 Å². The van der Waals surface area contributed by atoms with Gasteiger partial charge in [0.2, 0.25) is 0 Å². The predicted octanol–water partition coefficient (Wildman–Crippen LogP) is 0.920. The summed E-state index contributed by atoms with van der Waals surface area (Å²) in [4.78, 5) is 0. The fraction of sp³-hybridized carbons (Fsp3) is 0.500. The average molecular weight is 303 g/mol. The summed E-state index contributed by atoms with van der Waals surface area (Å²) in [6.07, 6.45) is 2.01. The zero-order chi connectivity index (χ0) is 15.7. The van der Waals surface area contributed by atoms with Gasteiger partial charge in [-0.25, -0.2) is 4.68 Å². The quantitative estimate of drug-likeness (QED) is 0.781. The molecule has 1 heterocycles. The minimum Gasteiger partial charge on any atom is -0.396 e. The zero-order valence-electron chi connectivity index (χ0n) is 12.6. The lowest BCUT2D eigenvalue weighted by atomic mass is 9.88. The number of benzene rings is 1. The fourth-order valence-corrected chi connectivity index (χ4v) is 3.12. The molecule has 2 aromatic rings. The van der Waals surface area contributed by atoms with Crippen LogP contribution in [0.2, 0.25) is 0 Å². The molecule has 1 aromatic carbocycles. The summed E-state index contributed by atoms with van der Waals surface area (Å²) in [5.74, 6) is 0. The third-order valence-electron chi connectivity index (χ3n) is 4.60. The summed E-state index contributed by atoms with van der Waals surface area (Å²) in [5.41, 5.74) is 2.26. The Bertz CT molecular complexity index is 634. The van der Waals surface area contributed by atoms with Crippen LogP contribution in [0.5, 0.6) is 0 Å². The molecule has 0 amide bonds. The predicted molar refractivity (Wildman–Crippen MR) is 81.1 cm³/mol. The molecular formula is C16H21N3O3. The Morgan fingerprint density at radius 1 is 1.18 bits per heavy atom. The van der Waals surface area contributed by atoms with Crippen molar-refractivity contribution < 1.29 is 15.3 Å². The molecule has 0 saturated heterocycles. The fourth-order valence-electron chi connectivity index (χ4n) is 3.12. The van der Waals surface area contributed by atoms with Gasteiger partial charge in [0, 0.05) is 11.0 Å². The van der Waals surface area contributed by atoms with E-state index in [1.165, 1.54) is 5.56 Å². The van der Waals surface area contributed by atoms with Gasteiger partial charge in [0.15, 0.2) is 0 Å². The van der Waals surface area contributed by atoms with Crippen LogP contribution in [-0.2, 0) is 0 Å². The monoisotopic (exact) mass is 303 g/mol. The van der Waals surface area contributed by atoms with Crippen LogP contribution in [0.25, 0.3) is 11.3 Å². The lowest BCUT2D eigenvalue weighted by Crippen LogP contribution is -2.27. The van der Waals surface area contributed by atoms with Gasteiger partial charge in [-0.05, 0) is 19.8 Å². The molecule has 3 N–H and O–H groups in total. The average Bonchev–Trinajstić information content (AvgIpc) is 3.13. The highest BCUT2D eigenvalue weighted by Gasteiger charge is 2.45. The van der Waals surface area contributed by atoms with E-state index in [1.54, 1.807) is 4.68 Å². The van der Waals surface area contributed by atoms with Gasteiger partial charge in [-0.3, -0.25) is 0 Å². The zero-order valence-corrected chi connectivity index (χ0v) is 12.6. The topological polar surface area (TPSA) is 91.4 Å². The first-order valence-electron chi connectivity index (χ1n) is 7.45. The Morgan fingerprint density at radius 2 is 1.86 bits per heavy atom. The number of aryl methyl sites for hydroxylation is 1. The van der Waals surface area contributed by atoms with Crippen LogP contribution in [0.4, 0.5) is 0 Å². The second-order valence-electron chi connectivity index (χ2n) is 6.31. The van der Waals surface area contributed by atoms with E-state index < -0.39 is 11.5 Å². The molecule has 0 bridgehead atoms. The van der Waals surface area contributed by atoms with E-state index in [0.717, 1.165) is 11.3 Å². The maximum absolute atomic E-state index is 10.2. The Labute approximate surface area is 129 Å². The first kappa shape index (κ1) is 15.1. The Balaban J connectivity index is 1.83. The first-order chi connectivity index (χ1) is 10.6. The molecule has 1 aliphatic rings. The van der Waals surface area contributed by atoms with Gasteiger partial charge in [0.05, 0.1) is 31.6 Å². The Kier molecular flexibility index (Phi) is 3.99. The van der Waals surface area contributed by atoms with E-state index in [2.05, 4.69) is 10.3 Å². The van der Waals surface area contributed by atoms with Gasteiger partial charge in [-0.1, -0.05) is 35.0 Å².